The minimum Gasteiger partial charge on any atom is -0.427 e. The van der Waals surface area contributed by atoms with Crippen LogP contribution >= 0.6 is 12.2 Å². The van der Waals surface area contributed by atoms with Gasteiger partial charge in [-0.05, 0) is 19.1 Å². The van der Waals surface area contributed by atoms with Crippen molar-refractivity contribution in [1.29, 1.82) is 0 Å². The van der Waals surface area contributed by atoms with Crippen LogP contribution in [-0.4, -0.2) is 34.2 Å². The summed E-state index contributed by atoms with van der Waals surface area (Å²) in [5, 5.41) is 2.79. The molecule has 7 heteroatoms. The number of hydrogen-bond acceptors (Lipinski definition) is 5. The van der Waals surface area contributed by atoms with Crippen LogP contribution in [0.2, 0.25) is 0 Å². The van der Waals surface area contributed by atoms with Crippen molar-refractivity contribution in [1.82, 2.24) is 10.2 Å². The van der Waals surface area contributed by atoms with Crippen molar-refractivity contribution in [3.8, 4) is 0 Å². The van der Waals surface area contributed by atoms with Gasteiger partial charge in [0.2, 0.25) is 0 Å². The van der Waals surface area contributed by atoms with Crippen LogP contribution in [0, 0.1) is 0 Å². The maximum atomic E-state index is 11.6. The second kappa shape index (κ2) is 4.10. The van der Waals surface area contributed by atoms with Gasteiger partial charge in [0.05, 0.1) is 6.54 Å². The molecule has 0 aromatic rings. The molecule has 0 bridgehead atoms. The molecule has 0 saturated carbocycles. The Kier molecular flexibility index (Phi) is 2.76. The fourth-order valence-corrected chi connectivity index (χ4v) is 1.63. The fourth-order valence-electron chi connectivity index (χ4n) is 1.40. The van der Waals surface area contributed by atoms with E-state index in [-0.39, 0.29) is 28.9 Å². The van der Waals surface area contributed by atoms with E-state index in [1.807, 2.05) is 0 Å². The Morgan fingerprint density at radius 2 is 2.18 bits per heavy atom. The van der Waals surface area contributed by atoms with E-state index in [9.17, 15) is 14.4 Å². The number of carbonyl (C=O) groups excluding carboxylic acids is 3. The van der Waals surface area contributed by atoms with Gasteiger partial charge in [-0.1, -0.05) is 0 Å². The molecule has 0 aromatic heterocycles. The number of amides is 1. The lowest BCUT2D eigenvalue weighted by Crippen LogP contribution is -2.29. The number of thiocarbonyl (C=S) groups is 1. The minimum atomic E-state index is -0.780. The lowest BCUT2D eigenvalue weighted by Gasteiger charge is -2.14. The Bertz CT molecular complexity index is 490. The maximum absolute atomic E-state index is 11.6. The molecule has 2 rings (SSSR count). The highest BCUT2D eigenvalue weighted by Crippen LogP contribution is 2.15. The van der Waals surface area contributed by atoms with E-state index in [0.717, 1.165) is 11.1 Å². The first-order valence-corrected chi connectivity index (χ1v) is 5.16. The van der Waals surface area contributed by atoms with Gasteiger partial charge in [-0.3, -0.25) is 14.5 Å². The number of carbonyl (C=O) groups is 3. The van der Waals surface area contributed by atoms with Gasteiger partial charge in [-0.2, -0.15) is 0 Å². The quantitative estimate of drug-likeness (QED) is 0.297. The molecule has 2 aliphatic heterocycles. The second-order valence-electron chi connectivity index (χ2n) is 3.47. The van der Waals surface area contributed by atoms with Crippen LogP contribution in [0.4, 0.5) is 0 Å². The van der Waals surface area contributed by atoms with Crippen LogP contribution in [-0.2, 0) is 19.1 Å². The summed E-state index contributed by atoms with van der Waals surface area (Å²) in [6, 6.07) is 0. The third kappa shape index (κ3) is 2.09. The highest BCUT2D eigenvalue weighted by molar-refractivity contribution is 7.80. The van der Waals surface area contributed by atoms with Gasteiger partial charge in [0.1, 0.15) is 11.3 Å². The molecule has 17 heavy (non-hydrogen) atoms. The van der Waals surface area contributed by atoms with E-state index in [0.29, 0.717) is 0 Å². The number of ether oxygens (including phenoxy) is 1. The summed E-state index contributed by atoms with van der Waals surface area (Å²) in [4.78, 5) is 35.5. The summed E-state index contributed by atoms with van der Waals surface area (Å²) in [7, 11) is 0. The Hall–Kier alpha value is -2.02. The van der Waals surface area contributed by atoms with Gasteiger partial charge in [0.25, 0.3) is 5.91 Å². The average molecular weight is 252 g/mol. The summed E-state index contributed by atoms with van der Waals surface area (Å²) in [6.45, 7) is 1.56. The highest BCUT2D eigenvalue weighted by Gasteiger charge is 2.30. The van der Waals surface area contributed by atoms with Crippen molar-refractivity contribution in [3.63, 3.8) is 0 Å². The summed E-state index contributed by atoms with van der Waals surface area (Å²) >= 11 is 4.86. The molecular weight excluding hydrogens is 244 g/mol. The standard InChI is InChI=1S/C10H8N2O4S/c1-5-2-7(13)6(9(15)16-5)4-12-8(14)3-11-10(12)17/h2,4H,3H2,1H3,(H,11,17)/b6-4-. The molecular formula is C10H8N2O4S. The SMILES string of the molecule is CC1=CC(=O)/C(=C/N2C(=O)CNC2=S)C(=O)O1. The van der Waals surface area contributed by atoms with Crippen molar-refractivity contribution in [2.45, 2.75) is 6.92 Å². The molecule has 0 atom stereocenters. The van der Waals surface area contributed by atoms with Gasteiger partial charge in [0, 0.05) is 12.3 Å². The minimum absolute atomic E-state index is 0.0563. The molecule has 0 aliphatic carbocycles. The van der Waals surface area contributed by atoms with E-state index in [1.165, 1.54) is 13.0 Å². The molecule has 6 nitrogen and oxygen atoms in total. The largest absolute Gasteiger partial charge is 0.427 e. The van der Waals surface area contributed by atoms with E-state index in [1.54, 1.807) is 0 Å². The number of rotatable bonds is 1. The summed E-state index contributed by atoms with van der Waals surface area (Å²) in [5.41, 5.74) is -0.213. The number of nitrogens with zero attached hydrogens (tertiary/aromatic N) is 1. The first kappa shape index (κ1) is 11.5. The lowest BCUT2D eigenvalue weighted by molar-refractivity contribution is -0.137. The van der Waals surface area contributed by atoms with E-state index >= 15 is 0 Å². The Balaban J connectivity index is 2.34. The van der Waals surface area contributed by atoms with Crippen LogP contribution in [0.25, 0.3) is 0 Å². The Morgan fingerprint density at radius 3 is 2.71 bits per heavy atom. The molecule has 0 aromatic carbocycles. The molecule has 0 spiro atoms. The van der Waals surface area contributed by atoms with E-state index in [2.05, 4.69) is 5.32 Å². The lowest BCUT2D eigenvalue weighted by atomic mass is 10.1. The average Bonchev–Trinajstić information content (AvgIpc) is 2.53. The van der Waals surface area contributed by atoms with Crippen LogP contribution in [0.1, 0.15) is 6.92 Å². The zero-order valence-electron chi connectivity index (χ0n) is 8.85. The predicted octanol–water partition coefficient (Wildman–Crippen LogP) is -0.383. The number of hydrogen-bond donors (Lipinski definition) is 1. The van der Waals surface area contributed by atoms with Crippen molar-refractivity contribution in [3.05, 3.63) is 23.6 Å². The van der Waals surface area contributed by atoms with Gasteiger partial charge < -0.3 is 10.1 Å². The van der Waals surface area contributed by atoms with Gasteiger partial charge in [-0.15, -0.1) is 0 Å². The zero-order chi connectivity index (χ0) is 12.6. The highest BCUT2D eigenvalue weighted by atomic mass is 32.1. The van der Waals surface area contributed by atoms with Crippen molar-refractivity contribution in [2.24, 2.45) is 0 Å². The second-order valence-corrected chi connectivity index (χ2v) is 3.86. The number of esters is 1. The van der Waals surface area contributed by atoms with Crippen LogP contribution in [0.15, 0.2) is 23.6 Å². The number of ketones is 1. The Labute approximate surface area is 102 Å². The molecule has 1 saturated heterocycles. The molecule has 1 amide bonds. The van der Waals surface area contributed by atoms with E-state index in [4.69, 9.17) is 17.0 Å². The van der Waals surface area contributed by atoms with Crippen LogP contribution in [0.3, 0.4) is 0 Å². The Morgan fingerprint density at radius 1 is 1.47 bits per heavy atom. The van der Waals surface area contributed by atoms with Gasteiger partial charge in [-0.25, -0.2) is 4.79 Å². The summed E-state index contributed by atoms with van der Waals surface area (Å²) < 4.78 is 4.78. The first-order valence-electron chi connectivity index (χ1n) is 4.75. The molecule has 0 radical (unpaired) electrons. The molecule has 0 unspecified atom stereocenters. The third-order valence-corrected chi connectivity index (χ3v) is 2.55. The fraction of sp³-hybridized carbons (Fsp3) is 0.200. The number of cyclic esters (lactones) is 1. The van der Waals surface area contributed by atoms with Crippen molar-refractivity contribution < 1.29 is 19.1 Å². The van der Waals surface area contributed by atoms with Gasteiger partial charge >= 0.3 is 5.97 Å². The smallest absolute Gasteiger partial charge is 0.348 e. The molecule has 2 aliphatic rings. The normalized spacial score (nSPS) is 22.8. The van der Waals surface area contributed by atoms with Gasteiger partial charge in [0.15, 0.2) is 10.9 Å². The topological polar surface area (TPSA) is 75.7 Å². The van der Waals surface area contributed by atoms with E-state index < -0.39 is 11.8 Å². The zero-order valence-corrected chi connectivity index (χ0v) is 9.67. The van der Waals surface area contributed by atoms with Crippen LogP contribution in [0.5, 0.6) is 0 Å². The number of allylic oxidation sites excluding steroid dienone is 2. The predicted molar refractivity (Wildman–Crippen MR) is 60.4 cm³/mol. The molecule has 2 heterocycles. The summed E-state index contributed by atoms with van der Waals surface area (Å²) in [6.07, 6.45) is 2.29. The monoisotopic (exact) mass is 252 g/mol. The molecule has 88 valence electrons. The summed E-state index contributed by atoms with van der Waals surface area (Å²) in [5.74, 6) is -1.38. The third-order valence-electron chi connectivity index (χ3n) is 2.21. The van der Waals surface area contributed by atoms with Crippen molar-refractivity contribution >= 4 is 35.0 Å². The maximum Gasteiger partial charge on any atom is 0.348 e. The first-order chi connectivity index (χ1) is 7.99. The molecule has 1 N–H and O–H groups in total. The van der Waals surface area contributed by atoms with Crippen LogP contribution < -0.4 is 5.32 Å². The van der Waals surface area contributed by atoms with Crippen molar-refractivity contribution in [2.75, 3.05) is 6.54 Å². The molecule has 1 fully saturated rings. The number of nitrogens with one attached hydrogen (secondary N) is 1.